The molecule has 2 aliphatic heterocycles. The lowest BCUT2D eigenvalue weighted by Crippen LogP contribution is -2.38. The van der Waals surface area contributed by atoms with E-state index in [1.807, 2.05) is 60.7 Å². The van der Waals surface area contributed by atoms with Gasteiger partial charge in [0.05, 0.1) is 16.3 Å². The van der Waals surface area contributed by atoms with E-state index in [2.05, 4.69) is 12.1 Å². The summed E-state index contributed by atoms with van der Waals surface area (Å²) < 4.78 is 33.1. The lowest BCUT2D eigenvalue weighted by atomic mass is 9.83. The smallest absolute Gasteiger partial charge is 0.271 e. The summed E-state index contributed by atoms with van der Waals surface area (Å²) in [5.74, 6) is 1.89. The third-order valence-corrected chi connectivity index (χ3v) is 9.06. The molecule has 0 bridgehead atoms. The van der Waals surface area contributed by atoms with Crippen molar-refractivity contribution in [3.63, 3.8) is 0 Å². The van der Waals surface area contributed by atoms with Crippen molar-refractivity contribution in [1.29, 1.82) is 0 Å². The average Bonchev–Trinajstić information content (AvgIpc) is 3.63. The molecule has 0 saturated heterocycles. The Kier molecular flexibility index (Phi) is 6.22. The lowest BCUT2D eigenvalue weighted by molar-refractivity contribution is 0.174. The molecule has 1 aliphatic carbocycles. The van der Waals surface area contributed by atoms with Crippen molar-refractivity contribution in [3.8, 4) is 17.2 Å². The highest BCUT2D eigenvalue weighted by Gasteiger charge is 2.32. The van der Waals surface area contributed by atoms with Gasteiger partial charge in [0.15, 0.2) is 16.3 Å². The summed E-state index contributed by atoms with van der Waals surface area (Å²) in [6.45, 7) is 0.633. The normalized spacial score (nSPS) is 16.8. The van der Waals surface area contributed by atoms with Gasteiger partial charge in [-0.1, -0.05) is 65.9 Å². The minimum absolute atomic E-state index is 0.105. The molecular formula is C35H25FN2O4S. The van der Waals surface area contributed by atoms with E-state index in [-0.39, 0.29) is 24.2 Å². The average molecular weight is 589 g/mol. The van der Waals surface area contributed by atoms with Crippen molar-refractivity contribution < 1.29 is 18.6 Å². The van der Waals surface area contributed by atoms with Crippen molar-refractivity contribution in [3.05, 3.63) is 150 Å². The van der Waals surface area contributed by atoms with Gasteiger partial charge in [-0.05, 0) is 83.1 Å². The zero-order valence-corrected chi connectivity index (χ0v) is 23.8. The van der Waals surface area contributed by atoms with Crippen LogP contribution < -0.4 is 29.1 Å². The Morgan fingerprint density at radius 2 is 1.77 bits per heavy atom. The van der Waals surface area contributed by atoms with Crippen LogP contribution in [0.25, 0.3) is 11.8 Å². The van der Waals surface area contributed by atoms with Gasteiger partial charge in [0.1, 0.15) is 18.2 Å². The fourth-order valence-corrected chi connectivity index (χ4v) is 6.98. The minimum atomic E-state index is -0.339. The molecule has 6 nitrogen and oxygen atoms in total. The lowest BCUT2D eigenvalue weighted by Gasteiger charge is -2.30. The van der Waals surface area contributed by atoms with Crippen LogP contribution in [0.1, 0.15) is 40.3 Å². The van der Waals surface area contributed by atoms with Crippen LogP contribution in [0, 0.1) is 5.82 Å². The molecule has 8 rings (SSSR count). The highest BCUT2D eigenvalue weighted by molar-refractivity contribution is 7.07. The molecule has 43 heavy (non-hydrogen) atoms. The van der Waals surface area contributed by atoms with Crippen LogP contribution in [-0.4, -0.2) is 11.4 Å². The number of hydrogen-bond acceptors (Lipinski definition) is 6. The number of aryl methyl sites for hydroxylation is 1. The third kappa shape index (κ3) is 4.64. The van der Waals surface area contributed by atoms with Crippen LogP contribution in [0.5, 0.6) is 17.2 Å². The van der Waals surface area contributed by atoms with E-state index in [0.29, 0.717) is 15.9 Å². The number of rotatable bonds is 5. The van der Waals surface area contributed by atoms with Gasteiger partial charge in [-0.2, -0.15) is 0 Å². The summed E-state index contributed by atoms with van der Waals surface area (Å²) in [6.07, 6.45) is 3.55. The van der Waals surface area contributed by atoms with E-state index in [9.17, 15) is 9.18 Å². The van der Waals surface area contributed by atoms with Gasteiger partial charge >= 0.3 is 0 Å². The molecule has 0 saturated carbocycles. The predicted molar refractivity (Wildman–Crippen MR) is 162 cm³/mol. The Balaban J connectivity index is 1.13. The number of ether oxygens (including phenoxy) is 3. The van der Waals surface area contributed by atoms with Crippen molar-refractivity contribution >= 4 is 23.1 Å². The minimum Gasteiger partial charge on any atom is -0.489 e. The fraction of sp³-hybridized carbons (Fsp3) is 0.143. The van der Waals surface area contributed by atoms with Crippen LogP contribution in [0.15, 0.2) is 106 Å². The first kappa shape index (κ1) is 25.7. The Morgan fingerprint density at radius 1 is 0.953 bits per heavy atom. The van der Waals surface area contributed by atoms with Crippen molar-refractivity contribution in [2.24, 2.45) is 4.99 Å². The number of thiazole rings is 1. The fourth-order valence-electron chi connectivity index (χ4n) is 5.98. The van der Waals surface area contributed by atoms with Crippen LogP contribution in [0.4, 0.5) is 4.39 Å². The Hall–Kier alpha value is -4.95. The number of halogens is 1. The number of aromatic nitrogens is 1. The van der Waals surface area contributed by atoms with Gasteiger partial charge < -0.3 is 14.2 Å². The van der Waals surface area contributed by atoms with Gasteiger partial charge in [-0.15, -0.1) is 0 Å². The molecule has 0 radical (unpaired) electrons. The van der Waals surface area contributed by atoms with E-state index in [4.69, 9.17) is 19.2 Å². The SMILES string of the molecule is O=c1/c(=C\c2ccc(OCc3ccc4c(c3)OCO4)cc2)sc2n1[C@@H](c1ccc(F)cc1)C1=C(N=2)c2ccccc2CC1. The first-order valence-corrected chi connectivity index (χ1v) is 14.9. The van der Waals surface area contributed by atoms with E-state index >= 15 is 0 Å². The molecular weight excluding hydrogens is 563 g/mol. The van der Waals surface area contributed by atoms with E-state index < -0.39 is 0 Å². The quantitative estimate of drug-likeness (QED) is 0.262. The molecule has 3 heterocycles. The molecule has 1 aromatic heterocycles. The Morgan fingerprint density at radius 3 is 2.63 bits per heavy atom. The largest absolute Gasteiger partial charge is 0.489 e. The van der Waals surface area contributed by atoms with Crippen LogP contribution in [-0.2, 0) is 13.0 Å². The summed E-state index contributed by atoms with van der Waals surface area (Å²) >= 11 is 1.38. The summed E-state index contributed by atoms with van der Waals surface area (Å²) in [4.78, 5) is 19.6. The third-order valence-electron chi connectivity index (χ3n) is 8.08. The first-order chi connectivity index (χ1) is 21.1. The molecule has 3 aliphatic rings. The van der Waals surface area contributed by atoms with Crippen molar-refractivity contribution in [2.75, 3.05) is 6.79 Å². The van der Waals surface area contributed by atoms with Gasteiger partial charge in [0.2, 0.25) is 6.79 Å². The van der Waals surface area contributed by atoms with Crippen molar-refractivity contribution in [1.82, 2.24) is 4.57 Å². The second-order valence-corrected chi connectivity index (χ2v) is 11.7. The Labute approximate surface area is 250 Å². The van der Waals surface area contributed by atoms with Crippen LogP contribution in [0.2, 0.25) is 0 Å². The van der Waals surface area contributed by atoms with Gasteiger partial charge in [0.25, 0.3) is 5.56 Å². The topological polar surface area (TPSA) is 62.1 Å². The summed E-state index contributed by atoms with van der Waals surface area (Å²) in [6, 6.07) is 27.9. The molecule has 0 N–H and O–H groups in total. The summed E-state index contributed by atoms with van der Waals surface area (Å²) in [7, 11) is 0. The highest BCUT2D eigenvalue weighted by Crippen LogP contribution is 2.41. The maximum absolute atomic E-state index is 13.9. The predicted octanol–water partition coefficient (Wildman–Crippen LogP) is 5.77. The number of allylic oxidation sites excluding steroid dienone is 1. The monoisotopic (exact) mass is 588 g/mol. The van der Waals surface area contributed by atoms with Crippen LogP contribution >= 0.6 is 11.3 Å². The maximum atomic E-state index is 13.9. The Bertz CT molecular complexity index is 2100. The molecule has 5 aromatic rings. The van der Waals surface area contributed by atoms with Crippen molar-refractivity contribution in [2.45, 2.75) is 25.5 Å². The van der Waals surface area contributed by atoms with E-state index in [1.54, 1.807) is 16.7 Å². The van der Waals surface area contributed by atoms with Gasteiger partial charge in [-0.3, -0.25) is 9.36 Å². The molecule has 0 spiro atoms. The molecule has 0 fully saturated rings. The maximum Gasteiger partial charge on any atom is 0.271 e. The van der Waals surface area contributed by atoms with Crippen LogP contribution in [0.3, 0.4) is 0 Å². The number of nitrogens with zero attached hydrogens (tertiary/aromatic N) is 2. The molecule has 1 atom stereocenters. The number of fused-ring (bicyclic) bond motifs is 4. The zero-order chi connectivity index (χ0) is 28.9. The molecule has 8 heteroatoms. The molecule has 4 aromatic carbocycles. The van der Waals surface area contributed by atoms with E-state index in [1.165, 1.54) is 29.0 Å². The second-order valence-electron chi connectivity index (χ2n) is 10.7. The van der Waals surface area contributed by atoms with E-state index in [0.717, 1.165) is 63.6 Å². The number of hydrogen-bond donors (Lipinski definition) is 0. The molecule has 0 unspecified atom stereocenters. The standard InChI is InChI=1S/C35H25FN2O4S/c36-25-11-8-24(9-12-25)33-28-15-10-23-3-1-2-4-27(23)32(28)37-35-38(33)34(39)31(43-35)18-21-5-13-26(14-6-21)40-19-22-7-16-29-30(17-22)42-20-41-29/h1-9,11-14,16-18,33H,10,15,19-20H2/b31-18+/t33-/m0/s1. The molecule has 212 valence electrons. The second kappa shape index (κ2) is 10.4. The molecule has 0 amide bonds. The van der Waals surface area contributed by atoms with Gasteiger partial charge in [0, 0.05) is 5.56 Å². The highest BCUT2D eigenvalue weighted by atomic mass is 32.1. The zero-order valence-electron chi connectivity index (χ0n) is 23.0. The number of benzene rings is 4. The van der Waals surface area contributed by atoms with Gasteiger partial charge in [-0.25, -0.2) is 9.38 Å². The summed E-state index contributed by atoms with van der Waals surface area (Å²) in [5, 5.41) is 0. The first-order valence-electron chi connectivity index (χ1n) is 14.1. The summed E-state index contributed by atoms with van der Waals surface area (Å²) in [5.41, 5.74) is 7.00.